The summed E-state index contributed by atoms with van der Waals surface area (Å²) in [5.74, 6) is -1.28. The summed E-state index contributed by atoms with van der Waals surface area (Å²) in [6.45, 7) is 0. The minimum Gasteiger partial charge on any atom is -0.461 e. The van der Waals surface area contributed by atoms with Crippen molar-refractivity contribution < 1.29 is 14.0 Å². The van der Waals surface area contributed by atoms with Crippen LogP contribution in [-0.4, -0.2) is 21.0 Å². The molecule has 0 aromatic carbocycles. The molecule has 0 aliphatic heterocycles. The maximum atomic E-state index is 12.0. The number of pyridine rings is 1. The van der Waals surface area contributed by atoms with Gasteiger partial charge in [-0.05, 0) is 24.3 Å². The molecule has 0 N–H and O–H groups in total. The van der Waals surface area contributed by atoms with Crippen molar-refractivity contribution in [3.8, 4) is 0 Å². The summed E-state index contributed by atoms with van der Waals surface area (Å²) >= 11 is 0. The predicted molar refractivity (Wildman–Crippen MR) is 62.6 cm³/mol. The minimum absolute atomic E-state index is 0.0332. The Labute approximate surface area is 102 Å². The number of nitrogens with zero attached hydrogens (tertiary/aromatic N) is 2. The van der Waals surface area contributed by atoms with Crippen molar-refractivity contribution in [2.75, 3.05) is 0 Å². The van der Waals surface area contributed by atoms with Gasteiger partial charge in [0.2, 0.25) is 0 Å². The van der Waals surface area contributed by atoms with Crippen LogP contribution < -0.4 is 0 Å². The summed E-state index contributed by atoms with van der Waals surface area (Å²) in [6.07, 6.45) is 4.43. The number of rotatable bonds is 3. The van der Waals surface area contributed by atoms with Crippen molar-refractivity contribution in [1.29, 1.82) is 0 Å². The predicted octanol–water partition coefficient (Wildman–Crippen LogP) is 1.99. The van der Waals surface area contributed by atoms with Gasteiger partial charge in [-0.3, -0.25) is 14.0 Å². The molecule has 0 saturated carbocycles. The molecule has 0 spiro atoms. The molecule has 0 atom stereocenters. The Balaban J connectivity index is 2.05. The van der Waals surface area contributed by atoms with Gasteiger partial charge < -0.3 is 4.42 Å². The Morgan fingerprint density at radius 3 is 2.78 bits per heavy atom. The highest BCUT2D eigenvalue weighted by Crippen LogP contribution is 2.11. The minimum atomic E-state index is -0.675. The zero-order chi connectivity index (χ0) is 12.5. The number of fused-ring (bicyclic) bond motifs is 1. The fraction of sp³-hybridized carbons (Fsp3) is 0. The van der Waals surface area contributed by atoms with Gasteiger partial charge >= 0.3 is 0 Å². The molecule has 0 unspecified atom stereocenters. The summed E-state index contributed by atoms with van der Waals surface area (Å²) in [5, 5.41) is 0. The largest absolute Gasteiger partial charge is 0.461 e. The topological polar surface area (TPSA) is 64.6 Å². The maximum absolute atomic E-state index is 12.0. The normalized spacial score (nSPS) is 10.7. The molecular weight excluding hydrogens is 232 g/mol. The Morgan fingerprint density at radius 2 is 2.00 bits per heavy atom. The summed E-state index contributed by atoms with van der Waals surface area (Å²) in [6, 6.07) is 8.36. The third-order valence-corrected chi connectivity index (χ3v) is 2.60. The Morgan fingerprint density at radius 1 is 1.11 bits per heavy atom. The number of hydrogen-bond acceptors (Lipinski definition) is 4. The van der Waals surface area contributed by atoms with E-state index in [1.807, 2.05) is 6.07 Å². The van der Waals surface area contributed by atoms with E-state index in [-0.39, 0.29) is 11.5 Å². The van der Waals surface area contributed by atoms with Gasteiger partial charge in [-0.15, -0.1) is 0 Å². The van der Waals surface area contributed by atoms with Crippen LogP contribution in [0.25, 0.3) is 5.65 Å². The van der Waals surface area contributed by atoms with Gasteiger partial charge in [0.25, 0.3) is 11.6 Å². The summed E-state index contributed by atoms with van der Waals surface area (Å²) < 4.78 is 6.50. The van der Waals surface area contributed by atoms with Gasteiger partial charge in [0.05, 0.1) is 12.5 Å². The molecule has 3 rings (SSSR count). The van der Waals surface area contributed by atoms with Crippen LogP contribution in [0, 0.1) is 0 Å². The SMILES string of the molecule is O=C(C(=O)c1cnc2ccccn12)c1ccco1. The fourth-order valence-corrected chi connectivity index (χ4v) is 1.74. The molecule has 3 heterocycles. The lowest BCUT2D eigenvalue weighted by molar-refractivity contribution is 0.0797. The second-order valence-corrected chi connectivity index (χ2v) is 3.71. The second kappa shape index (κ2) is 3.96. The van der Waals surface area contributed by atoms with E-state index in [0.717, 1.165) is 0 Å². The lowest BCUT2D eigenvalue weighted by Gasteiger charge is -1.98. The molecule has 3 aromatic rings. The van der Waals surface area contributed by atoms with Crippen molar-refractivity contribution in [2.24, 2.45) is 0 Å². The Bertz CT molecular complexity index is 726. The van der Waals surface area contributed by atoms with Crippen LogP contribution in [0.2, 0.25) is 0 Å². The molecule has 0 aliphatic carbocycles. The zero-order valence-corrected chi connectivity index (χ0v) is 9.24. The van der Waals surface area contributed by atoms with E-state index in [2.05, 4.69) is 4.98 Å². The van der Waals surface area contributed by atoms with Crippen molar-refractivity contribution >= 4 is 17.2 Å². The molecule has 0 aliphatic rings. The number of hydrogen-bond donors (Lipinski definition) is 0. The number of aromatic nitrogens is 2. The molecule has 5 nitrogen and oxygen atoms in total. The van der Waals surface area contributed by atoms with Crippen molar-refractivity contribution in [2.45, 2.75) is 0 Å². The summed E-state index contributed by atoms with van der Waals surface area (Å²) in [5.41, 5.74) is 0.847. The molecule has 0 fully saturated rings. The van der Waals surface area contributed by atoms with Crippen LogP contribution >= 0.6 is 0 Å². The van der Waals surface area contributed by atoms with E-state index in [0.29, 0.717) is 5.65 Å². The first-order valence-electron chi connectivity index (χ1n) is 5.32. The smallest absolute Gasteiger partial charge is 0.270 e. The van der Waals surface area contributed by atoms with Crippen molar-refractivity contribution in [1.82, 2.24) is 9.38 Å². The van der Waals surface area contributed by atoms with Crippen LogP contribution in [0.3, 0.4) is 0 Å². The van der Waals surface area contributed by atoms with Crippen LogP contribution in [-0.2, 0) is 0 Å². The standard InChI is InChI=1S/C13H8N2O3/c16-12(13(17)10-4-3-7-18-10)9-8-14-11-5-1-2-6-15(9)11/h1-8H. The first kappa shape index (κ1) is 10.5. The molecular formula is C13H8N2O3. The second-order valence-electron chi connectivity index (χ2n) is 3.71. The molecule has 18 heavy (non-hydrogen) atoms. The summed E-state index contributed by atoms with van der Waals surface area (Å²) in [4.78, 5) is 28.0. The first-order chi connectivity index (χ1) is 8.77. The monoisotopic (exact) mass is 240 g/mol. The highest BCUT2D eigenvalue weighted by atomic mass is 16.3. The highest BCUT2D eigenvalue weighted by Gasteiger charge is 2.23. The number of carbonyl (C=O) groups excluding carboxylic acids is 2. The maximum Gasteiger partial charge on any atom is 0.270 e. The number of ketones is 2. The van der Waals surface area contributed by atoms with E-state index in [9.17, 15) is 9.59 Å². The quantitative estimate of drug-likeness (QED) is 0.518. The third-order valence-electron chi connectivity index (χ3n) is 2.60. The van der Waals surface area contributed by atoms with Gasteiger partial charge in [0.1, 0.15) is 11.3 Å². The lowest BCUT2D eigenvalue weighted by Crippen LogP contribution is -2.15. The highest BCUT2D eigenvalue weighted by molar-refractivity contribution is 6.48. The van der Waals surface area contributed by atoms with Gasteiger partial charge in [-0.2, -0.15) is 0 Å². The van der Waals surface area contributed by atoms with Crippen molar-refractivity contribution in [3.63, 3.8) is 0 Å². The van der Waals surface area contributed by atoms with Crippen LogP contribution in [0.1, 0.15) is 21.0 Å². The molecule has 88 valence electrons. The number of Topliss-reactive ketones (excluding diaryl/α,β-unsaturated/α-hetero) is 2. The molecule has 0 saturated heterocycles. The van der Waals surface area contributed by atoms with Gasteiger partial charge in [-0.1, -0.05) is 6.07 Å². The Kier molecular flexibility index (Phi) is 2.30. The van der Waals surface area contributed by atoms with E-state index in [1.165, 1.54) is 18.5 Å². The summed E-state index contributed by atoms with van der Waals surface area (Å²) in [7, 11) is 0. The zero-order valence-electron chi connectivity index (χ0n) is 9.24. The van der Waals surface area contributed by atoms with Crippen LogP contribution in [0.4, 0.5) is 0 Å². The van der Waals surface area contributed by atoms with E-state index in [1.54, 1.807) is 28.8 Å². The van der Waals surface area contributed by atoms with E-state index < -0.39 is 11.6 Å². The number of carbonyl (C=O) groups is 2. The van der Waals surface area contributed by atoms with E-state index >= 15 is 0 Å². The number of imidazole rings is 1. The average molecular weight is 240 g/mol. The lowest BCUT2D eigenvalue weighted by atomic mass is 10.1. The third kappa shape index (κ3) is 1.53. The van der Waals surface area contributed by atoms with Gasteiger partial charge in [0, 0.05) is 6.20 Å². The molecule has 3 aromatic heterocycles. The molecule has 5 heteroatoms. The molecule has 0 bridgehead atoms. The van der Waals surface area contributed by atoms with E-state index in [4.69, 9.17) is 4.42 Å². The van der Waals surface area contributed by atoms with Gasteiger partial charge in [-0.25, -0.2) is 4.98 Å². The Hall–Kier alpha value is -2.69. The molecule has 0 radical (unpaired) electrons. The van der Waals surface area contributed by atoms with Crippen LogP contribution in [0.5, 0.6) is 0 Å². The van der Waals surface area contributed by atoms with Gasteiger partial charge in [0.15, 0.2) is 5.76 Å². The molecule has 0 amide bonds. The fourth-order valence-electron chi connectivity index (χ4n) is 1.74. The van der Waals surface area contributed by atoms with Crippen molar-refractivity contribution in [3.05, 3.63) is 60.4 Å². The average Bonchev–Trinajstić information content (AvgIpc) is 3.06. The first-order valence-corrected chi connectivity index (χ1v) is 5.32. The number of furan rings is 1. The van der Waals surface area contributed by atoms with Crippen LogP contribution in [0.15, 0.2) is 53.4 Å².